The molecule has 0 rings (SSSR count). The van der Waals surface area contributed by atoms with Crippen LogP contribution in [0.5, 0.6) is 0 Å². The molecule has 0 aliphatic carbocycles. The van der Waals surface area contributed by atoms with Crippen molar-refractivity contribution < 1.29 is 9.53 Å². The van der Waals surface area contributed by atoms with Crippen molar-refractivity contribution in [2.45, 2.75) is 249 Å². The molecule has 0 atom stereocenters. The van der Waals surface area contributed by atoms with Gasteiger partial charge < -0.3 is 15.4 Å². The molecule has 0 spiro atoms. The van der Waals surface area contributed by atoms with E-state index in [4.69, 9.17) is 4.74 Å². The average Bonchev–Trinajstić information content (AvgIpc) is 3.06. The molecule has 0 aliphatic rings. The quantitative estimate of drug-likeness (QED) is 0.0683. The Morgan fingerprint density at radius 2 is 0.740 bits per heavy atom. The topological polar surface area (TPSA) is 50.4 Å². The summed E-state index contributed by atoms with van der Waals surface area (Å²) in [6.07, 6.45) is 36.4. The maximum Gasteiger partial charge on any atom is 0.246 e. The van der Waals surface area contributed by atoms with Crippen LogP contribution in [-0.4, -0.2) is 38.8 Å². The van der Waals surface area contributed by atoms with Crippen LogP contribution in [-0.2, 0) is 9.53 Å². The van der Waals surface area contributed by atoms with Crippen molar-refractivity contribution in [2.24, 2.45) is 17.8 Å². The molecule has 0 heterocycles. The Morgan fingerprint density at radius 3 is 1.06 bits per heavy atom. The van der Waals surface area contributed by atoms with Gasteiger partial charge >= 0.3 is 0 Å². The van der Waals surface area contributed by atoms with E-state index in [9.17, 15) is 4.79 Å². The lowest BCUT2D eigenvalue weighted by Gasteiger charge is -2.07. The van der Waals surface area contributed by atoms with E-state index in [0.29, 0.717) is 0 Å². The molecule has 4 nitrogen and oxygen atoms in total. The molecule has 0 aromatic heterocycles. The van der Waals surface area contributed by atoms with E-state index < -0.39 is 0 Å². The van der Waals surface area contributed by atoms with Gasteiger partial charge in [0.1, 0.15) is 6.61 Å². The fourth-order valence-corrected chi connectivity index (χ4v) is 5.48. The predicted octanol–water partition coefficient (Wildman–Crippen LogP) is 14.9. The van der Waals surface area contributed by atoms with Crippen LogP contribution in [0.4, 0.5) is 0 Å². The number of hydrogen-bond donors (Lipinski definition) is 2. The SMILES string of the molecule is CCCCCCCCC(C)C.CCCCCCCCCCC(C)C.CCCCCCNC(=O)COC(C)C.CNCCCCCCCC(C)C. The molecule has 0 unspecified atom stereocenters. The summed E-state index contributed by atoms with van der Waals surface area (Å²) in [4.78, 5) is 11.1. The predicted molar refractivity (Wildman–Crippen MR) is 230 cm³/mol. The lowest BCUT2D eigenvalue weighted by molar-refractivity contribution is -0.127. The summed E-state index contributed by atoms with van der Waals surface area (Å²) in [7, 11) is 2.03. The van der Waals surface area contributed by atoms with Gasteiger partial charge in [0.25, 0.3) is 0 Å². The highest BCUT2D eigenvalue weighted by Crippen LogP contribution is 2.13. The van der Waals surface area contributed by atoms with Crippen LogP contribution >= 0.6 is 0 Å². The highest BCUT2D eigenvalue weighted by molar-refractivity contribution is 5.77. The fourth-order valence-electron chi connectivity index (χ4n) is 5.48. The van der Waals surface area contributed by atoms with Gasteiger partial charge in [-0.15, -0.1) is 0 Å². The van der Waals surface area contributed by atoms with E-state index in [0.717, 1.165) is 30.7 Å². The van der Waals surface area contributed by atoms with Crippen LogP contribution in [0.2, 0.25) is 0 Å². The highest BCUT2D eigenvalue weighted by atomic mass is 16.5. The number of amides is 1. The molecule has 0 saturated heterocycles. The molecule has 0 radical (unpaired) electrons. The van der Waals surface area contributed by atoms with Gasteiger partial charge in [-0.3, -0.25) is 4.79 Å². The molecular formula is C46H100N2O2. The first-order valence-electron chi connectivity index (χ1n) is 22.5. The monoisotopic (exact) mass is 713 g/mol. The number of carbonyl (C=O) groups is 1. The molecule has 50 heavy (non-hydrogen) atoms. The van der Waals surface area contributed by atoms with E-state index in [1.54, 1.807) is 0 Å². The second-order valence-electron chi connectivity index (χ2n) is 16.4. The van der Waals surface area contributed by atoms with Gasteiger partial charge in [0.2, 0.25) is 5.91 Å². The Hall–Kier alpha value is -0.610. The molecule has 306 valence electrons. The number of carbonyl (C=O) groups excluding carboxylic acids is 1. The normalized spacial score (nSPS) is 10.9. The van der Waals surface area contributed by atoms with Crippen LogP contribution in [0.3, 0.4) is 0 Å². The second kappa shape index (κ2) is 50.5. The van der Waals surface area contributed by atoms with Gasteiger partial charge in [-0.05, 0) is 58.0 Å². The Labute approximate surface area is 319 Å². The molecule has 1 amide bonds. The zero-order valence-corrected chi connectivity index (χ0v) is 37.1. The van der Waals surface area contributed by atoms with Crippen molar-refractivity contribution in [1.82, 2.24) is 10.6 Å². The summed E-state index contributed by atoms with van der Waals surface area (Å²) in [5, 5.41) is 6.01. The first-order chi connectivity index (χ1) is 24.0. The zero-order valence-electron chi connectivity index (χ0n) is 37.1. The fraction of sp³-hybridized carbons (Fsp3) is 0.978. The summed E-state index contributed by atoms with van der Waals surface area (Å²) in [6, 6.07) is 0. The molecule has 2 N–H and O–H groups in total. The number of nitrogens with one attached hydrogen (secondary N) is 2. The number of hydrogen-bond acceptors (Lipinski definition) is 3. The minimum atomic E-state index is -0.00445. The Bertz CT molecular complexity index is 576. The Kier molecular flexibility index (Phi) is 56.7. The van der Waals surface area contributed by atoms with Crippen molar-refractivity contribution in [3.05, 3.63) is 0 Å². The lowest BCUT2D eigenvalue weighted by atomic mass is 10.0. The molecule has 0 aliphatic heterocycles. The maximum atomic E-state index is 11.1. The molecule has 4 heteroatoms. The van der Waals surface area contributed by atoms with Gasteiger partial charge in [-0.1, -0.05) is 216 Å². The van der Waals surface area contributed by atoms with Gasteiger partial charge in [-0.25, -0.2) is 0 Å². The van der Waals surface area contributed by atoms with E-state index in [-0.39, 0.29) is 18.6 Å². The minimum Gasteiger partial charge on any atom is -0.369 e. The standard InChI is InChI=1S/C13H28.C11H23NO2.C11H25N.C11H24/c1-4-5-6-7-8-9-10-11-12-13(2)3;1-4-5-6-7-8-12-11(13)9-14-10(2)3;1-11(2)9-7-5-4-6-8-10-12-3;1-4-5-6-7-8-9-10-11(2)3/h13H,4-12H2,1-3H3;10H,4-9H2,1-3H3,(H,12,13);11-12H,4-10H2,1-3H3;11H,4-10H2,1-3H3. The summed E-state index contributed by atoms with van der Waals surface area (Å²) in [5.74, 6) is 2.69. The van der Waals surface area contributed by atoms with Crippen LogP contribution in [0.25, 0.3) is 0 Å². The largest absolute Gasteiger partial charge is 0.369 e. The second-order valence-corrected chi connectivity index (χ2v) is 16.4. The number of rotatable bonds is 32. The van der Waals surface area contributed by atoms with Gasteiger partial charge in [0.05, 0.1) is 6.10 Å². The van der Waals surface area contributed by atoms with Crippen LogP contribution in [0, 0.1) is 17.8 Å². The third-order valence-electron chi connectivity index (χ3n) is 8.88. The van der Waals surface area contributed by atoms with E-state index in [2.05, 4.69) is 72.9 Å². The van der Waals surface area contributed by atoms with Crippen LogP contribution in [0.15, 0.2) is 0 Å². The smallest absolute Gasteiger partial charge is 0.246 e. The van der Waals surface area contributed by atoms with Gasteiger partial charge in [0, 0.05) is 6.54 Å². The van der Waals surface area contributed by atoms with E-state index >= 15 is 0 Å². The summed E-state index contributed by atoms with van der Waals surface area (Å²) >= 11 is 0. The molecule has 0 fully saturated rings. The van der Waals surface area contributed by atoms with E-state index in [1.165, 1.54) is 167 Å². The Balaban J connectivity index is -0.000000283. The van der Waals surface area contributed by atoms with Gasteiger partial charge in [-0.2, -0.15) is 0 Å². The summed E-state index contributed by atoms with van der Waals surface area (Å²) < 4.78 is 5.17. The van der Waals surface area contributed by atoms with Crippen molar-refractivity contribution >= 4 is 5.91 Å². The van der Waals surface area contributed by atoms with Crippen LogP contribution in [0.1, 0.15) is 243 Å². The zero-order chi connectivity index (χ0) is 38.5. The van der Waals surface area contributed by atoms with Crippen molar-refractivity contribution in [3.63, 3.8) is 0 Å². The number of ether oxygens (including phenoxy) is 1. The third kappa shape index (κ3) is 69.2. The van der Waals surface area contributed by atoms with Crippen molar-refractivity contribution in [3.8, 4) is 0 Å². The summed E-state index contributed by atoms with van der Waals surface area (Å²) in [6.45, 7) is 26.6. The number of unbranched alkanes of at least 4 members (excludes halogenated alkanes) is 19. The third-order valence-corrected chi connectivity index (χ3v) is 8.88. The summed E-state index contributed by atoms with van der Waals surface area (Å²) in [5.41, 5.74) is 0. The molecular weight excluding hydrogens is 613 g/mol. The van der Waals surface area contributed by atoms with Gasteiger partial charge in [0.15, 0.2) is 0 Å². The minimum absolute atomic E-state index is 0.00445. The Morgan fingerprint density at radius 1 is 0.440 bits per heavy atom. The van der Waals surface area contributed by atoms with Crippen LogP contribution < -0.4 is 10.6 Å². The molecule has 0 aromatic rings. The molecule has 0 bridgehead atoms. The molecule has 0 saturated carbocycles. The average molecular weight is 713 g/mol. The van der Waals surface area contributed by atoms with E-state index in [1.807, 2.05) is 20.9 Å². The first-order valence-corrected chi connectivity index (χ1v) is 22.5. The highest BCUT2D eigenvalue weighted by Gasteiger charge is 2.02. The lowest BCUT2D eigenvalue weighted by Crippen LogP contribution is -2.29. The van der Waals surface area contributed by atoms with Crippen molar-refractivity contribution in [2.75, 3.05) is 26.7 Å². The maximum absolute atomic E-state index is 11.1. The molecule has 0 aromatic carbocycles. The first kappa shape index (κ1) is 56.1. The van der Waals surface area contributed by atoms with Crippen molar-refractivity contribution in [1.29, 1.82) is 0 Å².